The summed E-state index contributed by atoms with van der Waals surface area (Å²) >= 11 is 1.31. The maximum absolute atomic E-state index is 12.1. The number of ether oxygens (including phenoxy) is 2. The topological polar surface area (TPSA) is 93.9 Å². The van der Waals surface area contributed by atoms with Crippen molar-refractivity contribution in [2.75, 3.05) is 38.2 Å². The van der Waals surface area contributed by atoms with Crippen LogP contribution in [0.4, 0.5) is 5.00 Å². The lowest BCUT2D eigenvalue weighted by Gasteiger charge is -2.33. The standard InChI is InChI=1S/C16H23N3O4S/c17-14(21)12-4-10-24-15(12)18-13(20)3-7-19-5-1-11(2-6-19)16-22-8-9-23-16/h4,10-11,16H,1-3,5-9H2,(H2,17,21)(H,18,20). The van der Waals surface area contributed by atoms with Gasteiger partial charge < -0.3 is 25.4 Å². The van der Waals surface area contributed by atoms with Crippen LogP contribution in [0.5, 0.6) is 0 Å². The van der Waals surface area contributed by atoms with Gasteiger partial charge in [-0.15, -0.1) is 11.3 Å². The zero-order chi connectivity index (χ0) is 16.9. The zero-order valence-electron chi connectivity index (χ0n) is 13.5. The molecule has 24 heavy (non-hydrogen) atoms. The molecule has 3 rings (SSSR count). The number of anilines is 1. The average molecular weight is 353 g/mol. The molecular formula is C16H23N3O4S. The van der Waals surface area contributed by atoms with Crippen LogP contribution in [-0.4, -0.2) is 55.9 Å². The van der Waals surface area contributed by atoms with E-state index in [2.05, 4.69) is 10.2 Å². The molecule has 0 spiro atoms. The molecule has 2 aliphatic heterocycles. The molecular weight excluding hydrogens is 330 g/mol. The molecule has 0 unspecified atom stereocenters. The fraction of sp³-hybridized carbons (Fsp3) is 0.625. The third-order valence-corrected chi connectivity index (χ3v) is 5.33. The first-order valence-corrected chi connectivity index (χ1v) is 9.14. The predicted octanol–water partition coefficient (Wildman–Crippen LogP) is 1.26. The normalized spacial score (nSPS) is 20.3. The van der Waals surface area contributed by atoms with Gasteiger partial charge in [0.05, 0.1) is 18.8 Å². The third-order valence-electron chi connectivity index (χ3n) is 4.50. The zero-order valence-corrected chi connectivity index (χ0v) is 14.3. The van der Waals surface area contributed by atoms with E-state index in [0.717, 1.165) is 25.9 Å². The lowest BCUT2D eigenvalue weighted by molar-refractivity contribution is -0.117. The molecule has 0 radical (unpaired) electrons. The summed E-state index contributed by atoms with van der Waals surface area (Å²) in [7, 11) is 0. The molecule has 0 aliphatic carbocycles. The smallest absolute Gasteiger partial charge is 0.251 e. The Morgan fingerprint density at radius 1 is 1.29 bits per heavy atom. The van der Waals surface area contributed by atoms with Gasteiger partial charge in [-0.05, 0) is 37.4 Å². The summed E-state index contributed by atoms with van der Waals surface area (Å²) in [6.07, 6.45) is 2.42. The molecule has 3 heterocycles. The van der Waals surface area contributed by atoms with E-state index in [9.17, 15) is 9.59 Å². The number of primary amides is 1. The molecule has 1 aromatic heterocycles. The van der Waals surface area contributed by atoms with Crippen molar-refractivity contribution in [2.45, 2.75) is 25.6 Å². The van der Waals surface area contributed by atoms with Gasteiger partial charge in [-0.3, -0.25) is 9.59 Å². The Hall–Kier alpha value is -1.48. The Kier molecular flexibility index (Phi) is 5.83. The monoisotopic (exact) mass is 353 g/mol. The molecule has 2 fully saturated rings. The highest BCUT2D eigenvalue weighted by Crippen LogP contribution is 2.26. The lowest BCUT2D eigenvalue weighted by atomic mass is 9.96. The number of thiophene rings is 1. The highest BCUT2D eigenvalue weighted by Gasteiger charge is 2.30. The Morgan fingerprint density at radius 3 is 2.67 bits per heavy atom. The van der Waals surface area contributed by atoms with E-state index in [1.54, 1.807) is 11.4 Å². The first-order valence-electron chi connectivity index (χ1n) is 8.26. The van der Waals surface area contributed by atoms with Crippen LogP contribution < -0.4 is 11.1 Å². The van der Waals surface area contributed by atoms with Crippen LogP contribution >= 0.6 is 11.3 Å². The minimum absolute atomic E-state index is 0.0403. The van der Waals surface area contributed by atoms with Gasteiger partial charge in [0.15, 0.2) is 6.29 Å². The van der Waals surface area contributed by atoms with Crippen LogP contribution in [0.3, 0.4) is 0 Å². The number of piperidine rings is 1. The molecule has 3 N–H and O–H groups in total. The molecule has 0 bridgehead atoms. The van der Waals surface area contributed by atoms with Gasteiger partial charge in [0.2, 0.25) is 5.91 Å². The van der Waals surface area contributed by atoms with Gasteiger partial charge in [0.1, 0.15) is 5.00 Å². The van der Waals surface area contributed by atoms with Crippen molar-refractivity contribution in [1.29, 1.82) is 0 Å². The summed E-state index contributed by atoms with van der Waals surface area (Å²) in [6.45, 7) is 4.00. The van der Waals surface area contributed by atoms with Crippen molar-refractivity contribution in [2.24, 2.45) is 11.7 Å². The molecule has 8 heteroatoms. The second-order valence-corrected chi connectivity index (χ2v) is 7.03. The molecule has 2 amide bonds. The third kappa shape index (κ3) is 4.32. The Morgan fingerprint density at radius 2 is 2.00 bits per heavy atom. The van der Waals surface area contributed by atoms with Crippen molar-refractivity contribution >= 4 is 28.2 Å². The fourth-order valence-electron chi connectivity index (χ4n) is 3.15. The Bertz CT molecular complexity index is 578. The quantitative estimate of drug-likeness (QED) is 0.803. The van der Waals surface area contributed by atoms with E-state index in [-0.39, 0.29) is 12.2 Å². The molecule has 2 aliphatic rings. The van der Waals surface area contributed by atoms with Crippen molar-refractivity contribution in [3.05, 3.63) is 17.0 Å². The second-order valence-electron chi connectivity index (χ2n) is 6.11. The van der Waals surface area contributed by atoms with Crippen molar-refractivity contribution < 1.29 is 19.1 Å². The van der Waals surface area contributed by atoms with E-state index >= 15 is 0 Å². The number of amides is 2. The van der Waals surface area contributed by atoms with Gasteiger partial charge in [0, 0.05) is 18.9 Å². The number of carbonyl (C=O) groups excluding carboxylic acids is 2. The maximum atomic E-state index is 12.1. The fourth-order valence-corrected chi connectivity index (χ4v) is 3.95. The molecule has 132 valence electrons. The second kappa shape index (κ2) is 8.06. The largest absolute Gasteiger partial charge is 0.366 e. The number of hydrogen-bond donors (Lipinski definition) is 2. The maximum Gasteiger partial charge on any atom is 0.251 e. The van der Waals surface area contributed by atoms with E-state index in [4.69, 9.17) is 15.2 Å². The van der Waals surface area contributed by atoms with Gasteiger partial charge in [-0.2, -0.15) is 0 Å². The minimum atomic E-state index is -0.523. The van der Waals surface area contributed by atoms with Crippen LogP contribution in [0.15, 0.2) is 11.4 Å². The van der Waals surface area contributed by atoms with Gasteiger partial charge >= 0.3 is 0 Å². The van der Waals surface area contributed by atoms with Gasteiger partial charge in [-0.1, -0.05) is 0 Å². The number of rotatable bonds is 6. The summed E-state index contributed by atoms with van der Waals surface area (Å²) < 4.78 is 11.1. The Balaban J connectivity index is 1.39. The number of likely N-dealkylation sites (tertiary alicyclic amines) is 1. The van der Waals surface area contributed by atoms with E-state index in [1.165, 1.54) is 11.3 Å². The van der Waals surface area contributed by atoms with E-state index in [1.807, 2.05) is 0 Å². The first kappa shape index (κ1) is 17.3. The summed E-state index contributed by atoms with van der Waals surface area (Å²) in [5, 5.41) is 5.05. The Labute approximate surface area is 145 Å². The summed E-state index contributed by atoms with van der Waals surface area (Å²) in [5.74, 6) is -0.156. The van der Waals surface area contributed by atoms with Crippen LogP contribution in [0.25, 0.3) is 0 Å². The van der Waals surface area contributed by atoms with E-state index < -0.39 is 5.91 Å². The lowest BCUT2D eigenvalue weighted by Crippen LogP contribution is -2.39. The van der Waals surface area contributed by atoms with Gasteiger partial charge in [-0.25, -0.2) is 0 Å². The van der Waals surface area contributed by atoms with Crippen molar-refractivity contribution in [3.63, 3.8) is 0 Å². The molecule has 7 nitrogen and oxygen atoms in total. The SMILES string of the molecule is NC(=O)c1ccsc1NC(=O)CCN1CCC(C2OCCO2)CC1. The first-order chi connectivity index (χ1) is 11.6. The predicted molar refractivity (Wildman–Crippen MR) is 90.9 cm³/mol. The van der Waals surface area contributed by atoms with Crippen LogP contribution in [-0.2, 0) is 14.3 Å². The molecule has 0 saturated carbocycles. The average Bonchev–Trinajstić information content (AvgIpc) is 3.25. The highest BCUT2D eigenvalue weighted by atomic mass is 32.1. The number of hydrogen-bond acceptors (Lipinski definition) is 6. The van der Waals surface area contributed by atoms with E-state index in [0.29, 0.717) is 42.7 Å². The highest BCUT2D eigenvalue weighted by molar-refractivity contribution is 7.14. The summed E-state index contributed by atoms with van der Waals surface area (Å²) in [6, 6.07) is 1.63. The summed E-state index contributed by atoms with van der Waals surface area (Å²) in [5.41, 5.74) is 5.64. The molecule has 1 aromatic rings. The number of nitrogens with one attached hydrogen (secondary N) is 1. The molecule has 0 aromatic carbocycles. The van der Waals surface area contributed by atoms with Gasteiger partial charge in [0.25, 0.3) is 5.91 Å². The van der Waals surface area contributed by atoms with Crippen molar-refractivity contribution in [3.8, 4) is 0 Å². The van der Waals surface area contributed by atoms with Crippen LogP contribution in [0, 0.1) is 5.92 Å². The number of carbonyl (C=O) groups is 2. The number of nitrogens with two attached hydrogens (primary N) is 1. The molecule has 0 atom stereocenters. The molecule has 2 saturated heterocycles. The van der Waals surface area contributed by atoms with Crippen molar-refractivity contribution in [1.82, 2.24) is 4.90 Å². The minimum Gasteiger partial charge on any atom is -0.366 e. The number of nitrogens with zero attached hydrogens (tertiary/aromatic N) is 1. The summed E-state index contributed by atoms with van der Waals surface area (Å²) in [4.78, 5) is 25.6. The van der Waals surface area contributed by atoms with Crippen LogP contribution in [0.2, 0.25) is 0 Å². The van der Waals surface area contributed by atoms with Crippen LogP contribution in [0.1, 0.15) is 29.6 Å².